The van der Waals surface area contributed by atoms with Crippen LogP contribution in [0.1, 0.15) is 58.2 Å². The third-order valence-electron chi connectivity index (χ3n) is 5.40. The Morgan fingerprint density at radius 2 is 2.17 bits per heavy atom. The lowest BCUT2D eigenvalue weighted by Gasteiger charge is -2.21. The first-order valence-corrected chi connectivity index (χ1v) is 8.85. The molecular formula is C18H25N5O. The normalized spacial score (nSPS) is 25.1. The van der Waals surface area contributed by atoms with Crippen LogP contribution >= 0.6 is 0 Å². The van der Waals surface area contributed by atoms with Crippen molar-refractivity contribution in [3.63, 3.8) is 0 Å². The van der Waals surface area contributed by atoms with E-state index in [1.54, 1.807) is 6.20 Å². The molecule has 128 valence electrons. The summed E-state index contributed by atoms with van der Waals surface area (Å²) in [5.74, 6) is 2.56. The molecule has 0 amide bonds. The summed E-state index contributed by atoms with van der Waals surface area (Å²) in [5, 5.41) is 19.1. The molecule has 24 heavy (non-hydrogen) atoms. The molecule has 6 heteroatoms. The average Bonchev–Trinajstić information content (AvgIpc) is 3.21. The highest BCUT2D eigenvalue weighted by Gasteiger charge is 2.38. The fourth-order valence-electron chi connectivity index (χ4n) is 4.52. The lowest BCUT2D eigenvalue weighted by molar-refractivity contribution is 0.0527. The molecule has 0 aliphatic heterocycles. The van der Waals surface area contributed by atoms with Gasteiger partial charge in [0.15, 0.2) is 11.3 Å². The van der Waals surface area contributed by atoms with Crippen molar-refractivity contribution in [2.75, 3.05) is 0 Å². The predicted molar refractivity (Wildman–Crippen MR) is 92.8 cm³/mol. The van der Waals surface area contributed by atoms with E-state index in [-0.39, 0.29) is 0 Å². The molecule has 3 aromatic heterocycles. The monoisotopic (exact) mass is 327 g/mol. The van der Waals surface area contributed by atoms with Gasteiger partial charge < -0.3 is 10.1 Å². The number of aromatic amines is 1. The Labute approximate surface area is 141 Å². The van der Waals surface area contributed by atoms with Crippen molar-refractivity contribution in [1.29, 1.82) is 0 Å². The molecular weight excluding hydrogens is 302 g/mol. The van der Waals surface area contributed by atoms with E-state index in [1.807, 2.05) is 26.1 Å². The van der Waals surface area contributed by atoms with Crippen LogP contribution in [-0.2, 0) is 0 Å². The highest BCUT2D eigenvalue weighted by atomic mass is 16.3. The first-order valence-electron chi connectivity index (χ1n) is 8.85. The van der Waals surface area contributed by atoms with Gasteiger partial charge in [-0.1, -0.05) is 13.3 Å². The predicted octanol–water partition coefficient (Wildman–Crippen LogP) is 3.29. The van der Waals surface area contributed by atoms with Crippen LogP contribution in [0.25, 0.3) is 16.8 Å². The Morgan fingerprint density at radius 1 is 1.33 bits per heavy atom. The number of aromatic nitrogens is 5. The fraction of sp³-hybridized carbons (Fsp3) is 0.611. The van der Waals surface area contributed by atoms with Gasteiger partial charge in [-0.15, -0.1) is 10.2 Å². The maximum atomic E-state index is 10.2. The van der Waals surface area contributed by atoms with E-state index in [2.05, 4.69) is 31.5 Å². The molecule has 3 heterocycles. The summed E-state index contributed by atoms with van der Waals surface area (Å²) in [5.41, 5.74) is 2.09. The molecule has 0 spiro atoms. The number of rotatable bonds is 4. The average molecular weight is 327 g/mol. The first-order chi connectivity index (χ1) is 11.5. The minimum atomic E-state index is -0.609. The molecule has 3 unspecified atom stereocenters. The molecule has 3 aromatic rings. The van der Waals surface area contributed by atoms with Crippen molar-refractivity contribution < 1.29 is 5.11 Å². The van der Waals surface area contributed by atoms with Crippen LogP contribution in [0.4, 0.5) is 0 Å². The van der Waals surface area contributed by atoms with E-state index in [4.69, 9.17) is 0 Å². The number of nitrogens with zero attached hydrogens (tertiary/aromatic N) is 4. The maximum Gasteiger partial charge on any atom is 0.179 e. The molecule has 1 aliphatic carbocycles. The molecule has 0 aromatic carbocycles. The Morgan fingerprint density at radius 3 is 2.92 bits per heavy atom. The molecule has 0 radical (unpaired) electrons. The summed E-state index contributed by atoms with van der Waals surface area (Å²) in [7, 11) is 0. The summed E-state index contributed by atoms with van der Waals surface area (Å²) in [6.07, 6.45) is 7.88. The van der Waals surface area contributed by atoms with Gasteiger partial charge in [-0.3, -0.25) is 4.40 Å². The molecule has 1 aliphatic rings. The number of H-pyrrole nitrogens is 1. The minimum Gasteiger partial charge on any atom is -0.390 e. The van der Waals surface area contributed by atoms with Gasteiger partial charge in [0.1, 0.15) is 5.82 Å². The zero-order valence-corrected chi connectivity index (χ0v) is 14.5. The lowest BCUT2D eigenvalue weighted by atomic mass is 9.91. The van der Waals surface area contributed by atoms with Crippen LogP contribution in [0, 0.1) is 11.8 Å². The summed E-state index contributed by atoms with van der Waals surface area (Å²) >= 11 is 0. The Bertz CT molecular complexity index is 859. The van der Waals surface area contributed by atoms with Gasteiger partial charge in [0.25, 0.3) is 0 Å². The smallest absolute Gasteiger partial charge is 0.179 e. The fourth-order valence-corrected chi connectivity index (χ4v) is 4.52. The third-order valence-corrected chi connectivity index (χ3v) is 5.40. The summed E-state index contributed by atoms with van der Waals surface area (Å²) < 4.78 is 2.15. The molecule has 4 rings (SSSR count). The van der Waals surface area contributed by atoms with Crippen LogP contribution < -0.4 is 0 Å². The number of fused-ring (bicyclic) bond motifs is 3. The number of hydrogen-bond acceptors (Lipinski definition) is 4. The first kappa shape index (κ1) is 15.6. The molecule has 0 saturated heterocycles. The van der Waals surface area contributed by atoms with E-state index in [1.165, 1.54) is 0 Å². The standard InChI is InChI=1S/C18H25N5O/c1-4-12-7-11(9-18(2,3)24)8-13(12)17-22-21-15-10-20-16-14(23(15)17)5-6-19-16/h5-6,10-13,19,24H,4,7-9H2,1-3H3. The molecule has 6 nitrogen and oxygen atoms in total. The van der Waals surface area contributed by atoms with E-state index in [0.29, 0.717) is 17.8 Å². The van der Waals surface area contributed by atoms with Crippen molar-refractivity contribution >= 4 is 16.8 Å². The minimum absolute atomic E-state index is 0.387. The SMILES string of the molecule is CCC1CC(CC(C)(C)O)CC1c1nnc2cnc3[nH]ccc3n12. The Kier molecular flexibility index (Phi) is 3.60. The van der Waals surface area contributed by atoms with Crippen LogP contribution in [0.15, 0.2) is 18.5 Å². The van der Waals surface area contributed by atoms with Crippen molar-refractivity contribution in [1.82, 2.24) is 24.6 Å². The number of hydrogen-bond donors (Lipinski definition) is 2. The van der Waals surface area contributed by atoms with Gasteiger partial charge in [0.2, 0.25) is 0 Å². The van der Waals surface area contributed by atoms with Crippen molar-refractivity contribution in [2.45, 2.75) is 58.0 Å². The van der Waals surface area contributed by atoms with Gasteiger partial charge in [-0.25, -0.2) is 4.98 Å². The largest absolute Gasteiger partial charge is 0.390 e. The van der Waals surface area contributed by atoms with Crippen LogP contribution in [0.5, 0.6) is 0 Å². The molecule has 1 fully saturated rings. The second-order valence-electron chi connectivity index (χ2n) is 7.85. The maximum absolute atomic E-state index is 10.2. The van der Waals surface area contributed by atoms with E-state index >= 15 is 0 Å². The zero-order chi connectivity index (χ0) is 16.9. The van der Waals surface area contributed by atoms with Crippen molar-refractivity contribution in [3.8, 4) is 0 Å². The zero-order valence-electron chi connectivity index (χ0n) is 14.5. The lowest BCUT2D eigenvalue weighted by Crippen LogP contribution is -2.22. The van der Waals surface area contributed by atoms with Gasteiger partial charge in [0.05, 0.1) is 17.3 Å². The van der Waals surface area contributed by atoms with Gasteiger partial charge >= 0.3 is 0 Å². The Balaban J connectivity index is 1.74. The van der Waals surface area contributed by atoms with Gasteiger partial charge in [-0.2, -0.15) is 0 Å². The highest BCUT2D eigenvalue weighted by Crippen LogP contribution is 2.46. The highest BCUT2D eigenvalue weighted by molar-refractivity contribution is 5.74. The summed E-state index contributed by atoms with van der Waals surface area (Å²) in [6.45, 7) is 6.06. The Hall–Kier alpha value is -1.95. The van der Waals surface area contributed by atoms with Gasteiger partial charge in [0, 0.05) is 12.1 Å². The van der Waals surface area contributed by atoms with Crippen molar-refractivity contribution in [2.24, 2.45) is 11.8 Å². The van der Waals surface area contributed by atoms with E-state index < -0.39 is 5.60 Å². The molecule has 3 atom stereocenters. The summed E-state index contributed by atoms with van der Waals surface area (Å²) in [4.78, 5) is 7.56. The summed E-state index contributed by atoms with van der Waals surface area (Å²) in [6, 6.07) is 2.03. The quantitative estimate of drug-likeness (QED) is 0.770. The molecule has 1 saturated carbocycles. The van der Waals surface area contributed by atoms with Crippen LogP contribution in [0.2, 0.25) is 0 Å². The van der Waals surface area contributed by atoms with Crippen LogP contribution in [0.3, 0.4) is 0 Å². The second-order valence-corrected chi connectivity index (χ2v) is 7.85. The van der Waals surface area contributed by atoms with E-state index in [9.17, 15) is 5.11 Å². The van der Waals surface area contributed by atoms with Crippen molar-refractivity contribution in [3.05, 3.63) is 24.3 Å². The van der Waals surface area contributed by atoms with Gasteiger partial charge in [-0.05, 0) is 51.0 Å². The van der Waals surface area contributed by atoms with Crippen LogP contribution in [-0.4, -0.2) is 35.3 Å². The van der Waals surface area contributed by atoms with E-state index in [0.717, 1.165) is 48.3 Å². The second kappa shape index (κ2) is 5.55. The molecule has 0 bridgehead atoms. The topological polar surface area (TPSA) is 79.1 Å². The number of nitrogens with one attached hydrogen (secondary N) is 1. The molecule has 2 N–H and O–H groups in total. The third kappa shape index (κ3) is 2.59. The number of aliphatic hydroxyl groups is 1.